The summed E-state index contributed by atoms with van der Waals surface area (Å²) in [5.74, 6) is 0. The van der Waals surface area contributed by atoms with Gasteiger partial charge in [0.15, 0.2) is 5.69 Å². The lowest BCUT2D eigenvalue weighted by molar-refractivity contribution is 0.0500. The van der Waals surface area contributed by atoms with E-state index in [1.54, 1.807) is 6.20 Å². The molecule has 0 bridgehead atoms. The Balaban J connectivity index is 1.57. The summed E-state index contributed by atoms with van der Waals surface area (Å²) in [5.41, 5.74) is 4.42. The molecule has 4 rings (SSSR count). The first kappa shape index (κ1) is 19.2. The standard InChI is InChI=1S/C21H26N6O2/c1-12-8-14-18(24-12)17-16(10-23-15(9-22)19(17)26-14)27-7-5-6-13(11-27)25-20(28)29-21(2,3)4/h8,10,13,18,24H,5-7,11H2,1-4H3,(H,25,28)/t13-,18?/m1/s1. The molecule has 1 saturated heterocycles. The summed E-state index contributed by atoms with van der Waals surface area (Å²) in [4.78, 5) is 23.4. The molecule has 1 amide bonds. The van der Waals surface area contributed by atoms with E-state index in [1.807, 2.05) is 33.8 Å². The SMILES string of the molecule is CC1=CC2=Nc3c(C#N)ncc(N4CCC[C@@H](NC(=O)OC(C)(C)C)C4)c3C2N1. The highest BCUT2D eigenvalue weighted by Crippen LogP contribution is 2.44. The second kappa shape index (κ2) is 7.07. The number of carbonyl (C=O) groups is 1. The monoisotopic (exact) mass is 394 g/mol. The first-order chi connectivity index (χ1) is 13.7. The summed E-state index contributed by atoms with van der Waals surface area (Å²) in [6.07, 6.45) is 5.22. The van der Waals surface area contributed by atoms with Crippen molar-refractivity contribution in [3.8, 4) is 6.07 Å². The Kier molecular flexibility index (Phi) is 4.69. The molecule has 2 atom stereocenters. The Labute approximate surface area is 170 Å². The molecule has 3 aliphatic heterocycles. The zero-order chi connectivity index (χ0) is 20.8. The van der Waals surface area contributed by atoms with E-state index in [2.05, 4.69) is 31.6 Å². The van der Waals surface area contributed by atoms with E-state index in [9.17, 15) is 10.1 Å². The Morgan fingerprint density at radius 3 is 2.97 bits per heavy atom. The van der Waals surface area contributed by atoms with Gasteiger partial charge in [-0.05, 0) is 46.6 Å². The number of nitriles is 1. The highest BCUT2D eigenvalue weighted by atomic mass is 16.6. The predicted molar refractivity (Wildman–Crippen MR) is 110 cm³/mol. The van der Waals surface area contributed by atoms with Crippen LogP contribution in [-0.2, 0) is 4.74 Å². The lowest BCUT2D eigenvalue weighted by Crippen LogP contribution is -2.49. The minimum atomic E-state index is -0.525. The molecule has 29 heavy (non-hydrogen) atoms. The maximum atomic E-state index is 12.2. The zero-order valence-corrected chi connectivity index (χ0v) is 17.2. The van der Waals surface area contributed by atoms with Crippen molar-refractivity contribution < 1.29 is 9.53 Å². The van der Waals surface area contributed by atoms with Crippen LogP contribution in [0.4, 0.5) is 16.2 Å². The van der Waals surface area contributed by atoms with Gasteiger partial charge in [0, 0.05) is 30.4 Å². The van der Waals surface area contributed by atoms with Crippen LogP contribution >= 0.6 is 0 Å². The number of carbonyl (C=O) groups excluding carboxylic acids is 1. The van der Waals surface area contributed by atoms with Crippen LogP contribution in [0.3, 0.4) is 0 Å². The fraction of sp³-hybridized carbons (Fsp3) is 0.524. The van der Waals surface area contributed by atoms with Gasteiger partial charge < -0.3 is 20.3 Å². The van der Waals surface area contributed by atoms with Crippen molar-refractivity contribution in [1.82, 2.24) is 15.6 Å². The van der Waals surface area contributed by atoms with Crippen LogP contribution in [0.25, 0.3) is 0 Å². The van der Waals surface area contributed by atoms with E-state index in [0.717, 1.165) is 42.0 Å². The average Bonchev–Trinajstić information content (AvgIpc) is 3.15. The summed E-state index contributed by atoms with van der Waals surface area (Å²) in [6, 6.07) is 2.10. The van der Waals surface area contributed by atoms with Gasteiger partial charge in [-0.1, -0.05) is 0 Å². The number of anilines is 1. The normalized spacial score (nSPS) is 22.7. The smallest absolute Gasteiger partial charge is 0.407 e. The second-order valence-electron chi connectivity index (χ2n) is 8.74. The summed E-state index contributed by atoms with van der Waals surface area (Å²) in [7, 11) is 0. The maximum absolute atomic E-state index is 12.2. The van der Waals surface area contributed by atoms with Crippen LogP contribution in [-0.4, -0.2) is 41.5 Å². The number of hydrogen-bond acceptors (Lipinski definition) is 7. The number of aromatic nitrogens is 1. The molecule has 1 fully saturated rings. The topological polar surface area (TPSA) is 103 Å². The number of allylic oxidation sites excluding steroid dienone is 1. The number of amides is 1. The Morgan fingerprint density at radius 1 is 1.45 bits per heavy atom. The minimum Gasteiger partial charge on any atom is -0.444 e. The van der Waals surface area contributed by atoms with Gasteiger partial charge in [0.2, 0.25) is 0 Å². The van der Waals surface area contributed by atoms with E-state index >= 15 is 0 Å². The highest BCUT2D eigenvalue weighted by Gasteiger charge is 2.37. The molecule has 1 aromatic rings. The Morgan fingerprint density at radius 2 is 2.24 bits per heavy atom. The molecule has 0 saturated carbocycles. The van der Waals surface area contributed by atoms with Crippen molar-refractivity contribution in [3.05, 3.63) is 29.2 Å². The van der Waals surface area contributed by atoms with Crippen LogP contribution in [0, 0.1) is 11.3 Å². The fourth-order valence-electron chi connectivity index (χ4n) is 4.12. The number of piperidine rings is 1. The molecule has 0 radical (unpaired) electrons. The summed E-state index contributed by atoms with van der Waals surface area (Å²) in [6.45, 7) is 9.10. The number of nitrogens with zero attached hydrogens (tertiary/aromatic N) is 4. The maximum Gasteiger partial charge on any atom is 0.407 e. The molecule has 0 aliphatic carbocycles. The molecular formula is C21H26N6O2. The summed E-state index contributed by atoms with van der Waals surface area (Å²) >= 11 is 0. The summed E-state index contributed by atoms with van der Waals surface area (Å²) < 4.78 is 5.40. The van der Waals surface area contributed by atoms with Gasteiger partial charge in [-0.3, -0.25) is 0 Å². The first-order valence-electron chi connectivity index (χ1n) is 9.96. The Hall–Kier alpha value is -3.08. The quantitative estimate of drug-likeness (QED) is 0.799. The molecule has 3 aliphatic rings. The predicted octanol–water partition coefficient (Wildman–Crippen LogP) is 3.08. The third-order valence-corrected chi connectivity index (χ3v) is 5.22. The number of alkyl carbamates (subject to hydrolysis) is 1. The molecular weight excluding hydrogens is 368 g/mol. The van der Waals surface area contributed by atoms with Crippen molar-refractivity contribution in [1.29, 1.82) is 5.26 Å². The average molecular weight is 394 g/mol. The molecule has 8 nitrogen and oxygen atoms in total. The third kappa shape index (κ3) is 3.77. The van der Waals surface area contributed by atoms with Gasteiger partial charge in [-0.25, -0.2) is 14.8 Å². The van der Waals surface area contributed by atoms with Gasteiger partial charge >= 0.3 is 6.09 Å². The van der Waals surface area contributed by atoms with Crippen LogP contribution in [0.2, 0.25) is 0 Å². The van der Waals surface area contributed by atoms with Crippen molar-refractivity contribution in [3.63, 3.8) is 0 Å². The van der Waals surface area contributed by atoms with Crippen LogP contribution in [0.15, 0.2) is 23.0 Å². The lowest BCUT2D eigenvalue weighted by atomic mass is 10.00. The Bertz CT molecular complexity index is 953. The first-order valence-corrected chi connectivity index (χ1v) is 9.96. The molecule has 1 unspecified atom stereocenters. The number of hydrogen-bond donors (Lipinski definition) is 2. The van der Waals surface area contributed by atoms with E-state index in [4.69, 9.17) is 4.74 Å². The highest BCUT2D eigenvalue weighted by molar-refractivity contribution is 6.09. The third-order valence-electron chi connectivity index (χ3n) is 5.22. The number of fused-ring (bicyclic) bond motifs is 3. The largest absolute Gasteiger partial charge is 0.444 e. The lowest BCUT2D eigenvalue weighted by Gasteiger charge is -2.36. The van der Waals surface area contributed by atoms with Crippen LogP contribution in [0.5, 0.6) is 0 Å². The van der Waals surface area contributed by atoms with E-state index in [-0.39, 0.29) is 12.1 Å². The molecule has 0 spiro atoms. The van der Waals surface area contributed by atoms with Gasteiger partial charge in [-0.2, -0.15) is 5.26 Å². The molecule has 1 aromatic heterocycles. The van der Waals surface area contributed by atoms with Gasteiger partial charge in [0.25, 0.3) is 0 Å². The number of nitrogens with one attached hydrogen (secondary N) is 2. The molecule has 4 heterocycles. The minimum absolute atomic E-state index is 0.0110. The number of pyridine rings is 1. The van der Waals surface area contributed by atoms with Crippen molar-refractivity contribution in [2.75, 3.05) is 18.0 Å². The molecule has 152 valence electrons. The van der Waals surface area contributed by atoms with Crippen molar-refractivity contribution >= 4 is 23.2 Å². The van der Waals surface area contributed by atoms with Gasteiger partial charge in [0.1, 0.15) is 17.4 Å². The molecule has 2 N–H and O–H groups in total. The second-order valence-corrected chi connectivity index (χ2v) is 8.74. The summed E-state index contributed by atoms with van der Waals surface area (Å²) in [5, 5.41) is 15.9. The fourth-order valence-corrected chi connectivity index (χ4v) is 4.12. The van der Waals surface area contributed by atoms with E-state index in [0.29, 0.717) is 17.9 Å². The van der Waals surface area contributed by atoms with Gasteiger partial charge in [0.05, 0.1) is 23.6 Å². The van der Waals surface area contributed by atoms with Gasteiger partial charge in [-0.15, -0.1) is 0 Å². The van der Waals surface area contributed by atoms with Crippen molar-refractivity contribution in [2.45, 2.75) is 58.2 Å². The number of rotatable bonds is 2. The number of aliphatic imine (C=N–C) groups is 1. The van der Waals surface area contributed by atoms with Crippen molar-refractivity contribution in [2.24, 2.45) is 4.99 Å². The molecule has 0 aromatic carbocycles. The molecule has 8 heteroatoms. The number of ether oxygens (including phenoxy) is 1. The van der Waals surface area contributed by atoms with Crippen LogP contribution < -0.4 is 15.5 Å². The van der Waals surface area contributed by atoms with E-state index in [1.165, 1.54) is 0 Å². The van der Waals surface area contributed by atoms with Crippen LogP contribution in [0.1, 0.15) is 57.8 Å². The van der Waals surface area contributed by atoms with E-state index < -0.39 is 11.7 Å². The zero-order valence-electron chi connectivity index (χ0n) is 17.2.